The van der Waals surface area contributed by atoms with Crippen LogP contribution < -0.4 is 5.32 Å². The average Bonchev–Trinajstić information content (AvgIpc) is 2.56. The molecule has 130 valence electrons. The van der Waals surface area contributed by atoms with Crippen LogP contribution in [0.15, 0.2) is 54.6 Å². The van der Waals surface area contributed by atoms with Gasteiger partial charge in [-0.25, -0.2) is 0 Å². The van der Waals surface area contributed by atoms with Gasteiger partial charge < -0.3 is 10.4 Å². The van der Waals surface area contributed by atoms with Crippen LogP contribution in [0.25, 0.3) is 0 Å². The lowest BCUT2D eigenvalue weighted by Gasteiger charge is -2.38. The third-order valence-electron chi connectivity index (χ3n) is 4.88. The highest BCUT2D eigenvalue weighted by Crippen LogP contribution is 2.41. The molecular formula is C21H23NO3. The van der Waals surface area contributed by atoms with Gasteiger partial charge in [0.05, 0.1) is 5.60 Å². The summed E-state index contributed by atoms with van der Waals surface area (Å²) in [4.78, 5) is 25.6. The number of aliphatic hydroxyl groups is 1. The van der Waals surface area contributed by atoms with Crippen LogP contribution in [-0.2, 0) is 9.59 Å². The van der Waals surface area contributed by atoms with E-state index in [1.54, 1.807) is 6.92 Å². The largest absolute Gasteiger partial charge is 0.390 e. The summed E-state index contributed by atoms with van der Waals surface area (Å²) in [5, 5.41) is 13.4. The van der Waals surface area contributed by atoms with Crippen molar-refractivity contribution in [2.45, 2.75) is 38.2 Å². The summed E-state index contributed by atoms with van der Waals surface area (Å²) in [6.07, 6.45) is 0.386. The van der Waals surface area contributed by atoms with E-state index in [2.05, 4.69) is 5.32 Å². The molecule has 3 atom stereocenters. The van der Waals surface area contributed by atoms with Gasteiger partial charge in [-0.1, -0.05) is 48.5 Å². The Morgan fingerprint density at radius 2 is 1.76 bits per heavy atom. The molecule has 0 spiro atoms. The zero-order valence-corrected chi connectivity index (χ0v) is 14.5. The number of hydrogen-bond donors (Lipinski definition) is 2. The van der Waals surface area contributed by atoms with E-state index >= 15 is 0 Å². The Balaban J connectivity index is 1.92. The van der Waals surface area contributed by atoms with E-state index in [1.165, 1.54) is 0 Å². The first-order valence-corrected chi connectivity index (χ1v) is 8.54. The Hall–Kier alpha value is -2.46. The second-order valence-corrected chi connectivity index (χ2v) is 7.14. The van der Waals surface area contributed by atoms with Crippen LogP contribution in [0.2, 0.25) is 0 Å². The number of benzene rings is 2. The van der Waals surface area contributed by atoms with E-state index in [4.69, 9.17) is 0 Å². The van der Waals surface area contributed by atoms with Gasteiger partial charge in [-0.15, -0.1) is 0 Å². The van der Waals surface area contributed by atoms with Gasteiger partial charge in [0, 0.05) is 18.0 Å². The molecule has 1 aliphatic carbocycles. The summed E-state index contributed by atoms with van der Waals surface area (Å²) >= 11 is 0. The van der Waals surface area contributed by atoms with E-state index < -0.39 is 11.5 Å². The van der Waals surface area contributed by atoms with Crippen LogP contribution in [0.4, 0.5) is 5.69 Å². The maximum Gasteiger partial charge on any atom is 0.235 e. The average molecular weight is 337 g/mol. The molecule has 1 fully saturated rings. The van der Waals surface area contributed by atoms with Crippen molar-refractivity contribution in [3.05, 3.63) is 65.7 Å². The quantitative estimate of drug-likeness (QED) is 0.843. The van der Waals surface area contributed by atoms with Gasteiger partial charge in [0.2, 0.25) is 5.91 Å². The molecule has 0 bridgehead atoms. The van der Waals surface area contributed by atoms with Gasteiger partial charge in [-0.3, -0.25) is 9.59 Å². The number of rotatable bonds is 3. The standard InChI is InChI=1S/C21H23NO3/c1-14-8-6-7-11-17(14)22-20(24)19-16(15-9-4-3-5-10-15)12-21(2,25)13-18(19)23/h3-11,16,19,25H,12-13H2,1-2H3,(H,22,24)/t16-,19-,21-/m0/s1. The molecule has 0 radical (unpaired) electrons. The summed E-state index contributed by atoms with van der Waals surface area (Å²) < 4.78 is 0. The Morgan fingerprint density at radius 1 is 1.12 bits per heavy atom. The van der Waals surface area contributed by atoms with E-state index in [-0.39, 0.29) is 24.0 Å². The summed E-state index contributed by atoms with van der Waals surface area (Å²) in [6, 6.07) is 17.0. The van der Waals surface area contributed by atoms with Crippen molar-refractivity contribution < 1.29 is 14.7 Å². The molecule has 1 aliphatic rings. The van der Waals surface area contributed by atoms with Gasteiger partial charge in [0.15, 0.2) is 0 Å². The fourth-order valence-corrected chi connectivity index (χ4v) is 3.64. The lowest BCUT2D eigenvalue weighted by atomic mass is 9.68. The predicted molar refractivity (Wildman–Crippen MR) is 97.3 cm³/mol. The highest BCUT2D eigenvalue weighted by Gasteiger charge is 2.46. The Morgan fingerprint density at radius 3 is 2.44 bits per heavy atom. The highest BCUT2D eigenvalue weighted by atomic mass is 16.3. The minimum atomic E-state index is -1.09. The first kappa shape index (κ1) is 17.4. The molecule has 0 saturated heterocycles. The molecular weight excluding hydrogens is 314 g/mol. The molecule has 2 aromatic carbocycles. The number of carbonyl (C=O) groups is 2. The van der Waals surface area contributed by atoms with Crippen LogP contribution >= 0.6 is 0 Å². The Kier molecular flexibility index (Phi) is 4.73. The molecule has 2 N–H and O–H groups in total. The van der Waals surface area contributed by atoms with Crippen molar-refractivity contribution in [2.24, 2.45) is 5.92 Å². The molecule has 1 saturated carbocycles. The number of amides is 1. The second-order valence-electron chi connectivity index (χ2n) is 7.14. The van der Waals surface area contributed by atoms with Crippen molar-refractivity contribution >= 4 is 17.4 Å². The van der Waals surface area contributed by atoms with Gasteiger partial charge in [0.1, 0.15) is 11.7 Å². The molecule has 3 rings (SSSR count). The van der Waals surface area contributed by atoms with Gasteiger partial charge in [-0.2, -0.15) is 0 Å². The normalized spacial score (nSPS) is 26.3. The van der Waals surface area contributed by atoms with Crippen molar-refractivity contribution in [1.29, 1.82) is 0 Å². The molecule has 2 aromatic rings. The van der Waals surface area contributed by atoms with Crippen molar-refractivity contribution in [2.75, 3.05) is 5.32 Å². The SMILES string of the molecule is Cc1ccccc1NC(=O)[C@@H]1C(=O)C[C@@](C)(O)C[C@H]1c1ccccc1. The number of Topliss-reactive ketones (excluding diaryl/α,β-unsaturated/α-hetero) is 1. The molecule has 1 amide bonds. The van der Waals surface area contributed by atoms with Crippen molar-refractivity contribution in [3.8, 4) is 0 Å². The zero-order valence-electron chi connectivity index (χ0n) is 14.5. The number of ketones is 1. The van der Waals surface area contributed by atoms with Crippen LogP contribution in [0.5, 0.6) is 0 Å². The molecule has 0 unspecified atom stereocenters. The Labute approximate surface area is 147 Å². The van der Waals surface area contributed by atoms with E-state index in [0.29, 0.717) is 12.1 Å². The fraction of sp³-hybridized carbons (Fsp3) is 0.333. The first-order valence-electron chi connectivity index (χ1n) is 8.54. The van der Waals surface area contributed by atoms with Gasteiger partial charge >= 0.3 is 0 Å². The van der Waals surface area contributed by atoms with Crippen molar-refractivity contribution in [3.63, 3.8) is 0 Å². The molecule has 25 heavy (non-hydrogen) atoms. The maximum atomic E-state index is 12.9. The van der Waals surface area contributed by atoms with Crippen LogP contribution in [0.1, 0.15) is 36.8 Å². The number of para-hydroxylation sites is 1. The monoisotopic (exact) mass is 337 g/mol. The first-order chi connectivity index (χ1) is 11.9. The minimum absolute atomic E-state index is 0.00217. The Bertz CT molecular complexity index is 783. The summed E-state index contributed by atoms with van der Waals surface area (Å²) in [6.45, 7) is 3.58. The molecule has 4 heteroatoms. The zero-order chi connectivity index (χ0) is 18.0. The minimum Gasteiger partial charge on any atom is -0.390 e. The molecule has 4 nitrogen and oxygen atoms in total. The predicted octanol–water partition coefficient (Wildman–Crippen LogP) is 3.45. The maximum absolute atomic E-state index is 12.9. The number of nitrogens with one attached hydrogen (secondary N) is 1. The van der Waals surface area contributed by atoms with Crippen LogP contribution in [-0.4, -0.2) is 22.4 Å². The van der Waals surface area contributed by atoms with Gasteiger partial charge in [-0.05, 0) is 37.5 Å². The number of aryl methyl sites for hydroxylation is 1. The number of hydrogen-bond acceptors (Lipinski definition) is 3. The van der Waals surface area contributed by atoms with Crippen LogP contribution in [0, 0.1) is 12.8 Å². The summed E-state index contributed by atoms with van der Waals surface area (Å²) in [7, 11) is 0. The lowest BCUT2D eigenvalue weighted by Crippen LogP contribution is -2.46. The lowest BCUT2D eigenvalue weighted by molar-refractivity contribution is -0.140. The highest BCUT2D eigenvalue weighted by molar-refractivity contribution is 6.09. The summed E-state index contributed by atoms with van der Waals surface area (Å²) in [5.74, 6) is -1.64. The third-order valence-corrected chi connectivity index (χ3v) is 4.88. The van der Waals surface area contributed by atoms with Crippen LogP contribution in [0.3, 0.4) is 0 Å². The molecule has 0 aliphatic heterocycles. The topological polar surface area (TPSA) is 66.4 Å². The smallest absolute Gasteiger partial charge is 0.235 e. The van der Waals surface area contributed by atoms with E-state index in [1.807, 2.05) is 61.5 Å². The van der Waals surface area contributed by atoms with Gasteiger partial charge in [0.25, 0.3) is 0 Å². The fourth-order valence-electron chi connectivity index (χ4n) is 3.64. The van der Waals surface area contributed by atoms with E-state index in [0.717, 1.165) is 11.1 Å². The second kappa shape index (κ2) is 6.81. The summed E-state index contributed by atoms with van der Waals surface area (Å²) in [5.41, 5.74) is 1.48. The molecule has 0 heterocycles. The van der Waals surface area contributed by atoms with Crippen molar-refractivity contribution in [1.82, 2.24) is 0 Å². The number of carbonyl (C=O) groups excluding carboxylic acids is 2. The third kappa shape index (κ3) is 3.80. The number of anilines is 1. The van der Waals surface area contributed by atoms with E-state index in [9.17, 15) is 14.7 Å². The molecule has 0 aromatic heterocycles.